The monoisotopic (exact) mass is 192 g/mol. The molecule has 0 fully saturated rings. The minimum atomic E-state index is 0.126. The number of rotatable bonds is 4. The summed E-state index contributed by atoms with van der Waals surface area (Å²) in [6, 6.07) is 6.16. The zero-order valence-corrected chi connectivity index (χ0v) is 8.96. The number of methoxy groups -OCH3 is 1. The number of carbonyl (C=O) groups excluding carboxylic acids is 1. The minimum absolute atomic E-state index is 0.126. The first kappa shape index (κ1) is 10.9. The molecule has 0 aliphatic rings. The number of aryl methyl sites for hydroxylation is 2. The van der Waals surface area contributed by atoms with Crippen molar-refractivity contribution in [2.75, 3.05) is 13.7 Å². The number of ether oxygens (including phenoxy) is 1. The molecular weight excluding hydrogens is 176 g/mol. The van der Waals surface area contributed by atoms with Gasteiger partial charge in [-0.25, -0.2) is 0 Å². The maximum Gasteiger partial charge on any atom is 0.162 e. The van der Waals surface area contributed by atoms with E-state index in [1.807, 2.05) is 19.9 Å². The second-order valence-electron chi connectivity index (χ2n) is 3.58. The Hall–Kier alpha value is -1.15. The lowest BCUT2D eigenvalue weighted by molar-refractivity contribution is -0.121. The van der Waals surface area contributed by atoms with E-state index in [-0.39, 0.29) is 12.4 Å². The van der Waals surface area contributed by atoms with Crippen LogP contribution in [0.2, 0.25) is 0 Å². The van der Waals surface area contributed by atoms with Gasteiger partial charge in [-0.05, 0) is 25.0 Å². The third kappa shape index (κ3) is 2.96. The molecule has 1 rings (SSSR count). The van der Waals surface area contributed by atoms with E-state index in [1.54, 1.807) is 7.11 Å². The Labute approximate surface area is 84.9 Å². The molecule has 76 valence electrons. The summed E-state index contributed by atoms with van der Waals surface area (Å²) < 4.78 is 4.80. The van der Waals surface area contributed by atoms with E-state index in [0.29, 0.717) is 6.42 Å². The molecule has 14 heavy (non-hydrogen) atoms. The fourth-order valence-corrected chi connectivity index (χ4v) is 1.42. The Kier molecular flexibility index (Phi) is 3.84. The Morgan fingerprint density at radius 1 is 1.36 bits per heavy atom. The van der Waals surface area contributed by atoms with Crippen molar-refractivity contribution < 1.29 is 9.53 Å². The van der Waals surface area contributed by atoms with Gasteiger partial charge in [-0.1, -0.05) is 23.8 Å². The van der Waals surface area contributed by atoms with E-state index in [9.17, 15) is 4.79 Å². The van der Waals surface area contributed by atoms with Crippen molar-refractivity contribution >= 4 is 5.78 Å². The van der Waals surface area contributed by atoms with Crippen LogP contribution in [0.1, 0.15) is 16.7 Å². The van der Waals surface area contributed by atoms with Gasteiger partial charge in [-0.2, -0.15) is 0 Å². The topological polar surface area (TPSA) is 26.3 Å². The van der Waals surface area contributed by atoms with Crippen molar-refractivity contribution in [2.24, 2.45) is 0 Å². The van der Waals surface area contributed by atoms with Gasteiger partial charge in [-0.15, -0.1) is 0 Å². The molecule has 0 saturated carbocycles. The van der Waals surface area contributed by atoms with E-state index in [1.165, 1.54) is 11.1 Å². The van der Waals surface area contributed by atoms with Gasteiger partial charge < -0.3 is 4.74 Å². The van der Waals surface area contributed by atoms with Gasteiger partial charge in [0.2, 0.25) is 0 Å². The number of carbonyl (C=O) groups is 1. The van der Waals surface area contributed by atoms with Crippen LogP contribution in [-0.2, 0) is 16.0 Å². The van der Waals surface area contributed by atoms with Crippen LogP contribution in [0.25, 0.3) is 0 Å². The number of hydrogen-bond acceptors (Lipinski definition) is 2. The zero-order chi connectivity index (χ0) is 10.6. The molecule has 2 nitrogen and oxygen atoms in total. The molecule has 0 heterocycles. The third-order valence-electron chi connectivity index (χ3n) is 2.20. The van der Waals surface area contributed by atoms with Gasteiger partial charge in [0.05, 0.1) is 0 Å². The van der Waals surface area contributed by atoms with Crippen LogP contribution in [0.5, 0.6) is 0 Å². The van der Waals surface area contributed by atoms with Crippen molar-refractivity contribution in [3.8, 4) is 0 Å². The minimum Gasteiger partial charge on any atom is -0.377 e. The first-order valence-corrected chi connectivity index (χ1v) is 4.70. The van der Waals surface area contributed by atoms with E-state index in [4.69, 9.17) is 4.74 Å². The number of ketones is 1. The predicted molar refractivity (Wildman–Crippen MR) is 56.5 cm³/mol. The van der Waals surface area contributed by atoms with Crippen molar-refractivity contribution in [1.82, 2.24) is 0 Å². The molecule has 0 radical (unpaired) electrons. The van der Waals surface area contributed by atoms with Crippen LogP contribution >= 0.6 is 0 Å². The van der Waals surface area contributed by atoms with Gasteiger partial charge in [0.15, 0.2) is 5.78 Å². The zero-order valence-electron chi connectivity index (χ0n) is 8.96. The molecule has 0 aliphatic heterocycles. The molecular formula is C12H16O2. The average Bonchev–Trinajstić information content (AvgIpc) is 2.12. The van der Waals surface area contributed by atoms with Crippen LogP contribution in [0.3, 0.4) is 0 Å². The summed E-state index contributed by atoms with van der Waals surface area (Å²) in [7, 11) is 1.54. The molecule has 1 aromatic carbocycles. The molecule has 0 bridgehead atoms. The predicted octanol–water partition coefficient (Wildman–Crippen LogP) is 2.06. The molecule has 0 amide bonds. The number of Topliss-reactive ketones (excluding diaryl/α,β-unsaturated/α-hetero) is 1. The third-order valence-corrected chi connectivity index (χ3v) is 2.20. The van der Waals surface area contributed by atoms with Crippen molar-refractivity contribution in [2.45, 2.75) is 20.3 Å². The second-order valence-corrected chi connectivity index (χ2v) is 3.58. The highest BCUT2D eigenvalue weighted by atomic mass is 16.5. The molecule has 0 unspecified atom stereocenters. The van der Waals surface area contributed by atoms with Crippen LogP contribution in [0.4, 0.5) is 0 Å². The lowest BCUT2D eigenvalue weighted by Gasteiger charge is -2.05. The summed E-state index contributed by atoms with van der Waals surface area (Å²) in [6.45, 7) is 4.26. The van der Waals surface area contributed by atoms with E-state index in [0.717, 1.165) is 5.56 Å². The van der Waals surface area contributed by atoms with Gasteiger partial charge in [0, 0.05) is 13.5 Å². The molecule has 0 N–H and O–H groups in total. The summed E-state index contributed by atoms with van der Waals surface area (Å²) in [5, 5.41) is 0. The molecule has 0 aromatic heterocycles. The lowest BCUT2D eigenvalue weighted by atomic mass is 10.0. The summed E-state index contributed by atoms with van der Waals surface area (Å²) in [5.41, 5.74) is 3.46. The van der Waals surface area contributed by atoms with E-state index in [2.05, 4.69) is 12.1 Å². The molecule has 0 spiro atoms. The lowest BCUT2D eigenvalue weighted by Crippen LogP contribution is -2.10. The molecule has 2 heteroatoms. The standard InChI is InChI=1S/C12H16O2/c1-9-4-5-10(2)11(6-9)7-12(13)8-14-3/h4-6H,7-8H2,1-3H3. The highest BCUT2D eigenvalue weighted by molar-refractivity contribution is 5.82. The molecule has 0 aliphatic carbocycles. The summed E-state index contributed by atoms with van der Waals surface area (Å²) in [5.74, 6) is 0.126. The Morgan fingerprint density at radius 2 is 2.07 bits per heavy atom. The largest absolute Gasteiger partial charge is 0.377 e. The highest BCUT2D eigenvalue weighted by Gasteiger charge is 2.05. The smallest absolute Gasteiger partial charge is 0.162 e. The van der Waals surface area contributed by atoms with E-state index < -0.39 is 0 Å². The normalized spacial score (nSPS) is 10.2. The van der Waals surface area contributed by atoms with Crippen molar-refractivity contribution in [1.29, 1.82) is 0 Å². The van der Waals surface area contributed by atoms with Crippen molar-refractivity contribution in [3.05, 3.63) is 34.9 Å². The Balaban J connectivity index is 2.75. The fraction of sp³-hybridized carbons (Fsp3) is 0.417. The van der Waals surface area contributed by atoms with Crippen LogP contribution in [-0.4, -0.2) is 19.5 Å². The van der Waals surface area contributed by atoms with Crippen LogP contribution < -0.4 is 0 Å². The first-order chi connectivity index (χ1) is 6.63. The van der Waals surface area contributed by atoms with Crippen LogP contribution in [0, 0.1) is 13.8 Å². The van der Waals surface area contributed by atoms with Gasteiger partial charge in [0.1, 0.15) is 6.61 Å². The van der Waals surface area contributed by atoms with Crippen molar-refractivity contribution in [3.63, 3.8) is 0 Å². The first-order valence-electron chi connectivity index (χ1n) is 4.70. The summed E-state index contributed by atoms with van der Waals surface area (Å²) in [6.07, 6.45) is 0.474. The van der Waals surface area contributed by atoms with Crippen LogP contribution in [0.15, 0.2) is 18.2 Å². The van der Waals surface area contributed by atoms with Gasteiger partial charge in [0.25, 0.3) is 0 Å². The Bertz CT molecular complexity index is 329. The second kappa shape index (κ2) is 4.91. The molecule has 0 atom stereocenters. The maximum absolute atomic E-state index is 11.4. The number of hydrogen-bond donors (Lipinski definition) is 0. The highest BCUT2D eigenvalue weighted by Crippen LogP contribution is 2.11. The SMILES string of the molecule is COCC(=O)Cc1cc(C)ccc1C. The fourth-order valence-electron chi connectivity index (χ4n) is 1.42. The Morgan fingerprint density at radius 3 is 2.71 bits per heavy atom. The van der Waals surface area contributed by atoms with Gasteiger partial charge in [-0.3, -0.25) is 4.79 Å². The van der Waals surface area contributed by atoms with Gasteiger partial charge >= 0.3 is 0 Å². The summed E-state index contributed by atoms with van der Waals surface area (Å²) >= 11 is 0. The molecule has 0 saturated heterocycles. The number of benzene rings is 1. The summed E-state index contributed by atoms with van der Waals surface area (Å²) in [4.78, 5) is 11.4. The average molecular weight is 192 g/mol. The maximum atomic E-state index is 11.4. The quantitative estimate of drug-likeness (QED) is 0.730. The molecule has 1 aromatic rings. The van der Waals surface area contributed by atoms with E-state index >= 15 is 0 Å².